The topological polar surface area (TPSA) is 151 Å². The van der Waals surface area contributed by atoms with Gasteiger partial charge >= 0.3 is 18.2 Å². The normalized spacial score (nSPS) is 19.6. The second kappa shape index (κ2) is 15.7. The van der Waals surface area contributed by atoms with Crippen LogP contribution >= 0.6 is 69.6 Å². The fraction of sp³-hybridized carbons (Fsp3) is 0.583. The van der Waals surface area contributed by atoms with Crippen molar-refractivity contribution in [2.24, 2.45) is 5.92 Å². The van der Waals surface area contributed by atoms with E-state index in [0.717, 1.165) is 25.5 Å². The third-order valence-corrected chi connectivity index (χ3v) is 6.80. The van der Waals surface area contributed by atoms with E-state index in [9.17, 15) is 14.4 Å². The van der Waals surface area contributed by atoms with Crippen molar-refractivity contribution < 1.29 is 43.8 Å². The molecule has 0 radical (unpaired) electrons. The molecule has 1 aromatic rings. The van der Waals surface area contributed by atoms with Gasteiger partial charge in [-0.3, -0.25) is 4.90 Å². The van der Waals surface area contributed by atoms with E-state index in [1.54, 1.807) is 23.1 Å². The molecule has 1 saturated heterocycles. The number of carbonyl (C=O) groups excluding carboxylic acids is 4. The van der Waals surface area contributed by atoms with E-state index >= 15 is 0 Å². The van der Waals surface area contributed by atoms with Gasteiger partial charge in [-0.2, -0.15) is 0 Å². The molecule has 3 N–H and O–H groups in total. The van der Waals surface area contributed by atoms with Crippen LogP contribution in [-0.4, -0.2) is 71.2 Å². The summed E-state index contributed by atoms with van der Waals surface area (Å²) in [5.41, 5.74) is 1.80. The third kappa shape index (κ3) is 11.5. The molecular formula is C24H29Cl6N3O8. The average molecular weight is 700 g/mol. The summed E-state index contributed by atoms with van der Waals surface area (Å²) in [6, 6.07) is 4.77. The first-order chi connectivity index (χ1) is 19.0. The highest BCUT2D eigenvalue weighted by molar-refractivity contribution is 6.68. The molecule has 1 aromatic carbocycles. The van der Waals surface area contributed by atoms with Crippen molar-refractivity contribution in [3.8, 4) is 0 Å². The predicted molar refractivity (Wildman–Crippen MR) is 153 cm³/mol. The summed E-state index contributed by atoms with van der Waals surface area (Å²) in [4.78, 5) is 47.8. The fourth-order valence-corrected chi connectivity index (χ4v) is 5.09. The van der Waals surface area contributed by atoms with Crippen LogP contribution in [0.4, 0.5) is 15.3 Å². The number of esters is 1. The molecule has 11 nitrogen and oxygen atoms in total. The number of carboxylic acid groups (broad SMARTS) is 1. The van der Waals surface area contributed by atoms with Gasteiger partial charge in [0.15, 0.2) is 0 Å². The van der Waals surface area contributed by atoms with Crippen LogP contribution in [0, 0.1) is 5.92 Å². The van der Waals surface area contributed by atoms with E-state index < -0.39 is 38.3 Å². The van der Waals surface area contributed by atoms with E-state index in [4.69, 9.17) is 93.7 Å². The van der Waals surface area contributed by atoms with Gasteiger partial charge in [0.2, 0.25) is 7.59 Å². The van der Waals surface area contributed by atoms with Crippen LogP contribution in [0.2, 0.25) is 0 Å². The summed E-state index contributed by atoms with van der Waals surface area (Å²) >= 11 is 34.2. The molecule has 2 aliphatic heterocycles. The van der Waals surface area contributed by atoms with E-state index in [-0.39, 0.29) is 31.2 Å². The number of hydrogen-bond donors (Lipinski definition) is 2. The number of nitrogens with one attached hydrogen (secondary N) is 1. The maximum atomic E-state index is 13.3. The number of anilines is 1. The molecule has 0 spiro atoms. The molecule has 2 heterocycles. The number of nitrogens with zero attached hydrogens (tertiary/aromatic N) is 1. The molecule has 1 fully saturated rings. The van der Waals surface area contributed by atoms with Crippen molar-refractivity contribution in [2.75, 3.05) is 38.3 Å². The third-order valence-electron chi connectivity index (χ3n) is 6.14. The Morgan fingerprint density at radius 1 is 1.07 bits per heavy atom. The molecule has 230 valence electrons. The van der Waals surface area contributed by atoms with Crippen molar-refractivity contribution >= 4 is 99.4 Å². The SMILES string of the molecule is CC(=O)[O-].COC(=O)c1ccc2c(c1)[C@H]1[NH2+]CC[C@H]1[C@H](CCCNC(=O)OCC(Cl)(Cl)Cl)N2C(=O)OCC(Cl)(Cl)Cl. The van der Waals surface area contributed by atoms with Gasteiger partial charge in [0.05, 0.1) is 24.9 Å². The number of carboxylic acids is 1. The fourth-order valence-electron chi connectivity index (χ4n) is 4.76. The Balaban J connectivity index is 0.00000138. The second-order valence-corrected chi connectivity index (χ2v) is 14.2. The van der Waals surface area contributed by atoms with E-state index in [1.807, 2.05) is 0 Å². The van der Waals surface area contributed by atoms with Crippen LogP contribution in [0.5, 0.6) is 0 Å². The number of halogens is 6. The van der Waals surface area contributed by atoms with Crippen molar-refractivity contribution in [1.29, 1.82) is 0 Å². The Morgan fingerprint density at radius 3 is 2.27 bits per heavy atom. The Morgan fingerprint density at radius 2 is 1.68 bits per heavy atom. The van der Waals surface area contributed by atoms with Crippen LogP contribution in [0.1, 0.15) is 48.1 Å². The zero-order valence-corrected chi connectivity index (χ0v) is 26.5. The van der Waals surface area contributed by atoms with Gasteiger partial charge in [-0.05, 0) is 38.0 Å². The zero-order valence-electron chi connectivity index (χ0n) is 22.0. The maximum absolute atomic E-state index is 13.3. The number of alkyl carbamates (subject to hydrolysis) is 1. The highest BCUT2D eigenvalue weighted by Gasteiger charge is 2.49. The first-order valence-electron chi connectivity index (χ1n) is 12.3. The molecule has 41 heavy (non-hydrogen) atoms. The van der Waals surface area contributed by atoms with Gasteiger partial charge < -0.3 is 34.7 Å². The molecule has 2 aliphatic rings. The summed E-state index contributed by atoms with van der Waals surface area (Å²) in [5.74, 6) is -1.51. The number of alkyl halides is 6. The number of fused-ring (bicyclic) bond motifs is 3. The number of hydrogen-bond acceptors (Lipinski definition) is 8. The number of rotatable bonds is 7. The highest BCUT2D eigenvalue weighted by atomic mass is 35.6. The Kier molecular flexibility index (Phi) is 13.7. The smallest absolute Gasteiger partial charge is 0.414 e. The van der Waals surface area contributed by atoms with Gasteiger partial charge in [0.25, 0.3) is 0 Å². The number of carbonyl (C=O) groups is 4. The molecule has 3 atom stereocenters. The molecule has 2 amide bonds. The average Bonchev–Trinajstić information content (AvgIpc) is 3.36. The number of amides is 2. The number of benzene rings is 1. The van der Waals surface area contributed by atoms with E-state index in [1.165, 1.54) is 7.11 Å². The lowest BCUT2D eigenvalue weighted by atomic mass is 9.79. The molecule has 0 aromatic heterocycles. The Bertz CT molecular complexity index is 1090. The predicted octanol–water partition coefficient (Wildman–Crippen LogP) is 3.43. The van der Waals surface area contributed by atoms with E-state index in [0.29, 0.717) is 24.1 Å². The van der Waals surface area contributed by atoms with Gasteiger partial charge in [-0.1, -0.05) is 69.6 Å². The van der Waals surface area contributed by atoms with Gasteiger partial charge in [-0.15, -0.1) is 0 Å². The second-order valence-electron chi connectivity index (χ2n) is 9.13. The summed E-state index contributed by atoms with van der Waals surface area (Å²) in [6.45, 7) is 1.25. The number of quaternary nitrogens is 1. The minimum absolute atomic E-state index is 0.0176. The molecule has 0 unspecified atom stereocenters. The van der Waals surface area contributed by atoms with Crippen LogP contribution < -0.4 is 20.6 Å². The molecule has 0 aliphatic carbocycles. The number of aliphatic carboxylic acids is 1. The van der Waals surface area contributed by atoms with Crippen LogP contribution in [0.3, 0.4) is 0 Å². The summed E-state index contributed by atoms with van der Waals surface area (Å²) in [5, 5.41) is 13.7. The minimum Gasteiger partial charge on any atom is -0.550 e. The standard InChI is InChI=1S/C22H25Cl6N3O6.C2H4O2/c1-35-18(32)12-4-5-16-14(9-12)17-13(6-8-29-17)15(31(16)20(34)37-11-22(26,27)28)3-2-7-30-19(33)36-10-21(23,24)25;1-2(3)4/h4-5,9,13,15,17,29H,2-3,6-8,10-11H2,1H3,(H,30,33);1H3,(H,3,4)/t13-,15-,17-;/m0./s1. The number of nitrogens with two attached hydrogens (primary N) is 1. The largest absolute Gasteiger partial charge is 0.550 e. The monoisotopic (exact) mass is 697 g/mol. The summed E-state index contributed by atoms with van der Waals surface area (Å²) < 4.78 is 11.6. The van der Waals surface area contributed by atoms with Crippen molar-refractivity contribution in [3.63, 3.8) is 0 Å². The lowest BCUT2D eigenvalue weighted by Gasteiger charge is -2.42. The van der Waals surface area contributed by atoms with Gasteiger partial charge in [0.1, 0.15) is 19.3 Å². The molecule has 0 bridgehead atoms. The summed E-state index contributed by atoms with van der Waals surface area (Å²) in [7, 11) is 1.31. The maximum Gasteiger partial charge on any atom is 0.414 e. The molecule has 17 heteroatoms. The minimum atomic E-state index is -1.78. The lowest BCUT2D eigenvalue weighted by molar-refractivity contribution is -0.680. The van der Waals surface area contributed by atoms with Gasteiger partial charge in [0, 0.05) is 36.5 Å². The van der Waals surface area contributed by atoms with Gasteiger partial charge in [-0.25, -0.2) is 14.4 Å². The number of methoxy groups -OCH3 is 1. The van der Waals surface area contributed by atoms with E-state index in [2.05, 4.69) is 10.6 Å². The quantitative estimate of drug-likeness (QED) is 0.190. The number of ether oxygens (including phenoxy) is 3. The van der Waals surface area contributed by atoms with Crippen LogP contribution in [0.25, 0.3) is 0 Å². The molecule has 0 saturated carbocycles. The van der Waals surface area contributed by atoms with Crippen molar-refractivity contribution in [1.82, 2.24) is 5.32 Å². The van der Waals surface area contributed by atoms with Crippen LogP contribution in [0.15, 0.2) is 18.2 Å². The Hall–Kier alpha value is -1.60. The van der Waals surface area contributed by atoms with Crippen molar-refractivity contribution in [3.05, 3.63) is 29.3 Å². The first kappa shape index (κ1) is 35.6. The molecular weight excluding hydrogens is 671 g/mol. The highest BCUT2D eigenvalue weighted by Crippen LogP contribution is 2.44. The summed E-state index contributed by atoms with van der Waals surface area (Å²) in [6.07, 6.45) is 0.469. The first-order valence-corrected chi connectivity index (χ1v) is 14.5. The van der Waals surface area contributed by atoms with Crippen molar-refractivity contribution in [2.45, 2.75) is 45.9 Å². The Labute approximate surface area is 266 Å². The van der Waals surface area contributed by atoms with Crippen LogP contribution in [-0.2, 0) is 19.0 Å². The molecule has 3 rings (SSSR count). The lowest BCUT2D eigenvalue weighted by Crippen LogP contribution is -2.83. The zero-order chi connectivity index (χ0) is 31.0.